The summed E-state index contributed by atoms with van der Waals surface area (Å²) in [6.45, 7) is 13.3. The van der Waals surface area contributed by atoms with Gasteiger partial charge < -0.3 is 16.0 Å². The number of carbonyl (C=O) groups is 1. The summed E-state index contributed by atoms with van der Waals surface area (Å²) in [5.41, 5.74) is 0. The fourth-order valence-electron chi connectivity index (χ4n) is 3.02. The lowest BCUT2D eigenvalue weighted by molar-refractivity contribution is -0.123. The molecule has 0 saturated carbocycles. The van der Waals surface area contributed by atoms with E-state index < -0.39 is 0 Å². The van der Waals surface area contributed by atoms with Gasteiger partial charge in [0.25, 0.3) is 0 Å². The van der Waals surface area contributed by atoms with Gasteiger partial charge in [0.1, 0.15) is 0 Å². The standard InChI is InChI=1S/C18H37N5O.HI/c1-5-16-9-7-8-13-23(16)14-12-22-18(19-6-2)21-11-10-20-17(24)15(3)4;/h15-16H,5-14H2,1-4H3,(H,20,24)(H2,19,21,22);1H. The molecule has 1 unspecified atom stereocenters. The predicted molar refractivity (Wildman–Crippen MR) is 117 cm³/mol. The molecular formula is C18H38IN5O. The lowest BCUT2D eigenvalue weighted by Gasteiger charge is -2.34. The highest BCUT2D eigenvalue weighted by atomic mass is 127. The highest BCUT2D eigenvalue weighted by Gasteiger charge is 2.19. The minimum atomic E-state index is 0. The maximum absolute atomic E-state index is 11.5. The van der Waals surface area contributed by atoms with Crippen molar-refractivity contribution in [2.45, 2.75) is 59.4 Å². The van der Waals surface area contributed by atoms with E-state index in [-0.39, 0.29) is 35.8 Å². The number of aliphatic imine (C=N–C) groups is 1. The van der Waals surface area contributed by atoms with Crippen molar-refractivity contribution in [3.8, 4) is 0 Å². The minimum Gasteiger partial charge on any atom is -0.357 e. The number of amides is 1. The molecule has 0 aromatic heterocycles. The zero-order chi connectivity index (χ0) is 17.8. The molecule has 1 rings (SSSR count). The minimum absolute atomic E-state index is 0. The Morgan fingerprint density at radius 2 is 1.88 bits per heavy atom. The van der Waals surface area contributed by atoms with Crippen molar-refractivity contribution in [1.29, 1.82) is 0 Å². The van der Waals surface area contributed by atoms with Gasteiger partial charge in [-0.1, -0.05) is 27.2 Å². The number of hydrogen-bond donors (Lipinski definition) is 3. The van der Waals surface area contributed by atoms with Crippen LogP contribution >= 0.6 is 24.0 Å². The molecule has 0 aromatic carbocycles. The number of halogens is 1. The summed E-state index contributed by atoms with van der Waals surface area (Å²) in [4.78, 5) is 18.8. The van der Waals surface area contributed by atoms with Crippen molar-refractivity contribution in [2.24, 2.45) is 10.9 Å². The van der Waals surface area contributed by atoms with Crippen molar-refractivity contribution < 1.29 is 4.79 Å². The number of nitrogens with zero attached hydrogens (tertiary/aromatic N) is 2. The molecule has 7 heteroatoms. The van der Waals surface area contributed by atoms with Crippen LogP contribution in [0.3, 0.4) is 0 Å². The van der Waals surface area contributed by atoms with Gasteiger partial charge in [-0.05, 0) is 32.7 Å². The second-order valence-electron chi connectivity index (χ2n) is 6.73. The van der Waals surface area contributed by atoms with Gasteiger partial charge in [0.05, 0.1) is 6.54 Å². The van der Waals surface area contributed by atoms with E-state index in [0.717, 1.165) is 31.6 Å². The van der Waals surface area contributed by atoms with Crippen LogP contribution in [0.2, 0.25) is 0 Å². The third-order valence-corrected chi connectivity index (χ3v) is 4.46. The zero-order valence-electron chi connectivity index (χ0n) is 16.4. The lowest BCUT2D eigenvalue weighted by Crippen LogP contribution is -2.43. The van der Waals surface area contributed by atoms with Crippen molar-refractivity contribution >= 4 is 35.8 Å². The van der Waals surface area contributed by atoms with Crippen LogP contribution < -0.4 is 16.0 Å². The number of carbonyl (C=O) groups excluding carboxylic acids is 1. The summed E-state index contributed by atoms with van der Waals surface area (Å²) in [5, 5.41) is 9.46. The molecule has 0 spiro atoms. The topological polar surface area (TPSA) is 68.8 Å². The second kappa shape index (κ2) is 14.6. The van der Waals surface area contributed by atoms with Crippen LogP contribution in [0.1, 0.15) is 53.4 Å². The van der Waals surface area contributed by atoms with Crippen molar-refractivity contribution in [3.63, 3.8) is 0 Å². The summed E-state index contributed by atoms with van der Waals surface area (Å²) in [6.07, 6.45) is 5.24. The monoisotopic (exact) mass is 467 g/mol. The molecule has 0 radical (unpaired) electrons. The Bertz CT molecular complexity index is 390. The Balaban J connectivity index is 0.00000576. The molecule has 1 saturated heterocycles. The molecule has 0 aliphatic carbocycles. The summed E-state index contributed by atoms with van der Waals surface area (Å²) < 4.78 is 0. The van der Waals surface area contributed by atoms with E-state index in [9.17, 15) is 4.79 Å². The smallest absolute Gasteiger partial charge is 0.222 e. The Hall–Kier alpha value is -0.570. The van der Waals surface area contributed by atoms with Gasteiger partial charge in [-0.2, -0.15) is 0 Å². The average Bonchev–Trinajstić information content (AvgIpc) is 2.58. The highest BCUT2D eigenvalue weighted by molar-refractivity contribution is 14.0. The number of likely N-dealkylation sites (tertiary alicyclic amines) is 1. The van der Waals surface area contributed by atoms with Gasteiger partial charge in [-0.25, -0.2) is 0 Å². The van der Waals surface area contributed by atoms with Gasteiger partial charge in [0, 0.05) is 38.1 Å². The maximum atomic E-state index is 11.5. The molecule has 1 amide bonds. The van der Waals surface area contributed by atoms with E-state index >= 15 is 0 Å². The summed E-state index contributed by atoms with van der Waals surface area (Å²) in [6, 6.07) is 0.732. The van der Waals surface area contributed by atoms with Crippen LogP contribution in [0.15, 0.2) is 4.99 Å². The Labute approximate surface area is 171 Å². The molecule has 1 fully saturated rings. The maximum Gasteiger partial charge on any atom is 0.222 e. The van der Waals surface area contributed by atoms with Gasteiger partial charge in [0.2, 0.25) is 5.91 Å². The van der Waals surface area contributed by atoms with Crippen molar-refractivity contribution in [2.75, 3.05) is 39.3 Å². The molecule has 6 nitrogen and oxygen atoms in total. The van der Waals surface area contributed by atoms with Crippen LogP contribution in [0.25, 0.3) is 0 Å². The molecule has 148 valence electrons. The Kier molecular flexibility index (Phi) is 14.3. The van der Waals surface area contributed by atoms with Gasteiger partial charge in [-0.15, -0.1) is 24.0 Å². The van der Waals surface area contributed by atoms with Gasteiger partial charge in [-0.3, -0.25) is 14.7 Å². The van der Waals surface area contributed by atoms with Crippen LogP contribution in [0.5, 0.6) is 0 Å². The molecule has 25 heavy (non-hydrogen) atoms. The van der Waals surface area contributed by atoms with Crippen LogP contribution in [0, 0.1) is 5.92 Å². The first-order chi connectivity index (χ1) is 11.6. The number of guanidine groups is 1. The third-order valence-electron chi connectivity index (χ3n) is 4.46. The third kappa shape index (κ3) is 10.2. The fraction of sp³-hybridized carbons (Fsp3) is 0.889. The second-order valence-corrected chi connectivity index (χ2v) is 6.73. The fourth-order valence-corrected chi connectivity index (χ4v) is 3.02. The molecular weight excluding hydrogens is 429 g/mol. The van der Waals surface area contributed by atoms with E-state index in [1.165, 1.54) is 32.2 Å². The van der Waals surface area contributed by atoms with E-state index in [0.29, 0.717) is 13.1 Å². The van der Waals surface area contributed by atoms with Gasteiger partial charge in [0.15, 0.2) is 5.96 Å². The molecule has 0 aromatic rings. The molecule has 0 bridgehead atoms. The highest BCUT2D eigenvalue weighted by Crippen LogP contribution is 2.18. The number of piperidine rings is 1. The zero-order valence-corrected chi connectivity index (χ0v) is 18.8. The molecule has 3 N–H and O–H groups in total. The first kappa shape index (κ1) is 24.4. The van der Waals surface area contributed by atoms with Gasteiger partial charge >= 0.3 is 0 Å². The lowest BCUT2D eigenvalue weighted by atomic mass is 10.0. The largest absolute Gasteiger partial charge is 0.357 e. The summed E-state index contributed by atoms with van der Waals surface area (Å²) in [7, 11) is 0. The molecule has 1 heterocycles. The van der Waals surface area contributed by atoms with Crippen molar-refractivity contribution in [3.05, 3.63) is 0 Å². The van der Waals surface area contributed by atoms with Crippen molar-refractivity contribution in [1.82, 2.24) is 20.9 Å². The number of nitrogens with one attached hydrogen (secondary N) is 3. The normalized spacial score (nSPS) is 18.6. The van der Waals surface area contributed by atoms with Crippen LogP contribution in [-0.4, -0.2) is 62.1 Å². The summed E-state index contributed by atoms with van der Waals surface area (Å²) >= 11 is 0. The SMILES string of the molecule is CCNC(=NCCN1CCCCC1CC)NCCNC(=O)C(C)C.I. The quantitative estimate of drug-likeness (QED) is 0.211. The van der Waals surface area contributed by atoms with E-state index in [1.807, 2.05) is 13.8 Å². The van der Waals surface area contributed by atoms with Crippen LogP contribution in [-0.2, 0) is 4.79 Å². The molecule has 1 atom stereocenters. The number of hydrogen-bond acceptors (Lipinski definition) is 3. The number of rotatable bonds is 9. The van der Waals surface area contributed by atoms with E-state index in [1.54, 1.807) is 0 Å². The van der Waals surface area contributed by atoms with E-state index in [2.05, 4.69) is 39.7 Å². The molecule has 1 aliphatic heterocycles. The van der Waals surface area contributed by atoms with Crippen LogP contribution in [0.4, 0.5) is 0 Å². The summed E-state index contributed by atoms with van der Waals surface area (Å²) in [5.74, 6) is 0.957. The first-order valence-corrected chi connectivity index (χ1v) is 9.62. The Morgan fingerprint density at radius 3 is 2.52 bits per heavy atom. The average molecular weight is 467 g/mol. The molecule has 1 aliphatic rings. The predicted octanol–water partition coefficient (Wildman–Crippen LogP) is 2.20. The Morgan fingerprint density at radius 1 is 1.16 bits per heavy atom. The van der Waals surface area contributed by atoms with E-state index in [4.69, 9.17) is 0 Å². The first-order valence-electron chi connectivity index (χ1n) is 9.62.